The number of phenols is 1. The number of carbonyl (C=O) groups excluding carboxylic acids is 2. The first kappa shape index (κ1) is 20.7. The van der Waals surface area contributed by atoms with Gasteiger partial charge in [-0.05, 0) is 56.5 Å². The average Bonchev–Trinajstić information content (AvgIpc) is 3.37. The number of benzene rings is 1. The van der Waals surface area contributed by atoms with Crippen LogP contribution in [-0.4, -0.2) is 32.9 Å². The van der Waals surface area contributed by atoms with Crippen molar-refractivity contribution >= 4 is 17.6 Å². The lowest BCUT2D eigenvalue weighted by Crippen LogP contribution is -2.37. The van der Waals surface area contributed by atoms with Crippen molar-refractivity contribution in [3.8, 4) is 17.0 Å². The van der Waals surface area contributed by atoms with Crippen molar-refractivity contribution in [1.29, 1.82) is 0 Å². The van der Waals surface area contributed by atoms with E-state index >= 15 is 0 Å². The van der Waals surface area contributed by atoms with E-state index in [2.05, 4.69) is 15.7 Å². The molecule has 2 heterocycles. The van der Waals surface area contributed by atoms with Crippen LogP contribution in [0.4, 0.5) is 10.5 Å². The number of amides is 2. The fourth-order valence-corrected chi connectivity index (χ4v) is 3.49. The number of aromatic nitrogens is 2. The summed E-state index contributed by atoms with van der Waals surface area (Å²) < 4.78 is 6.51. The highest BCUT2D eigenvalue weighted by Gasteiger charge is 2.28. The predicted molar refractivity (Wildman–Crippen MR) is 116 cm³/mol. The van der Waals surface area contributed by atoms with Crippen LogP contribution in [0.2, 0.25) is 0 Å². The summed E-state index contributed by atoms with van der Waals surface area (Å²) in [5.74, 6) is 0.0255. The average molecular weight is 422 g/mol. The number of aromatic hydroxyl groups is 1. The lowest BCUT2D eigenvalue weighted by Gasteiger charge is -2.25. The van der Waals surface area contributed by atoms with Crippen LogP contribution in [0.25, 0.3) is 11.3 Å². The molecule has 0 saturated heterocycles. The highest BCUT2D eigenvalue weighted by molar-refractivity contribution is 6.02. The molecule has 8 heteroatoms. The van der Waals surface area contributed by atoms with E-state index in [0.717, 1.165) is 31.4 Å². The van der Waals surface area contributed by atoms with Crippen LogP contribution in [0.1, 0.15) is 61.7 Å². The number of carbonyl (C=O) groups is 2. The van der Waals surface area contributed by atoms with Gasteiger partial charge in [-0.15, -0.1) is 0 Å². The molecular weight excluding hydrogens is 396 g/mol. The molecular formula is C23H26N4O4. The van der Waals surface area contributed by atoms with Crippen molar-refractivity contribution in [2.24, 2.45) is 0 Å². The summed E-state index contributed by atoms with van der Waals surface area (Å²) in [7, 11) is 0. The van der Waals surface area contributed by atoms with Gasteiger partial charge in [-0.25, -0.2) is 4.79 Å². The van der Waals surface area contributed by atoms with Crippen LogP contribution in [0, 0.1) is 0 Å². The molecule has 2 amide bonds. The van der Waals surface area contributed by atoms with E-state index in [1.165, 1.54) is 17.0 Å². The number of anilines is 1. The standard InChI is InChI=1S/C23H26N4O4/c1-3-14(2)24-23(30)27-19(15-6-4-7-15)13-18(26-27)17-10-9-16(12-20(17)28)25-22(29)21-8-5-11-31-21/h5,8-15,28H,3-4,6-7H2,1-2H3,(H,24,30)(H,25,29). The summed E-state index contributed by atoms with van der Waals surface area (Å²) in [5, 5.41) is 20.7. The SMILES string of the molecule is CCC(C)NC(=O)n1nc(-c2ccc(NC(=O)c3ccco3)cc2O)cc1C1CCC1. The number of hydrogen-bond acceptors (Lipinski definition) is 5. The van der Waals surface area contributed by atoms with E-state index in [4.69, 9.17) is 4.42 Å². The van der Waals surface area contributed by atoms with E-state index in [1.54, 1.807) is 24.3 Å². The Morgan fingerprint density at radius 2 is 2.10 bits per heavy atom. The van der Waals surface area contributed by atoms with Crippen molar-refractivity contribution in [1.82, 2.24) is 15.1 Å². The lowest BCUT2D eigenvalue weighted by atomic mass is 9.82. The smallest absolute Gasteiger partial charge is 0.342 e. The molecule has 162 valence electrons. The summed E-state index contributed by atoms with van der Waals surface area (Å²) in [5.41, 5.74) is 2.29. The van der Waals surface area contributed by atoms with Crippen LogP contribution in [0.15, 0.2) is 47.1 Å². The van der Waals surface area contributed by atoms with Crippen molar-refractivity contribution in [2.75, 3.05) is 5.32 Å². The van der Waals surface area contributed by atoms with Crippen LogP contribution in [-0.2, 0) is 0 Å². The Balaban J connectivity index is 1.60. The maximum absolute atomic E-state index is 12.8. The monoisotopic (exact) mass is 422 g/mol. The first-order chi connectivity index (χ1) is 15.0. The molecule has 4 rings (SSSR count). The van der Waals surface area contributed by atoms with Crippen LogP contribution in [0.3, 0.4) is 0 Å². The fourth-order valence-electron chi connectivity index (χ4n) is 3.49. The number of nitrogens with one attached hydrogen (secondary N) is 2. The molecule has 0 spiro atoms. The van der Waals surface area contributed by atoms with Gasteiger partial charge >= 0.3 is 6.03 Å². The van der Waals surface area contributed by atoms with Gasteiger partial charge < -0.3 is 20.2 Å². The van der Waals surface area contributed by atoms with E-state index in [9.17, 15) is 14.7 Å². The van der Waals surface area contributed by atoms with Crippen LogP contribution in [0.5, 0.6) is 5.75 Å². The largest absolute Gasteiger partial charge is 0.507 e. The predicted octanol–water partition coefficient (Wildman–Crippen LogP) is 4.72. The van der Waals surface area contributed by atoms with Crippen LogP contribution >= 0.6 is 0 Å². The van der Waals surface area contributed by atoms with Crippen molar-refractivity contribution in [2.45, 2.75) is 51.5 Å². The number of phenolic OH excluding ortho intramolecular Hbond substituents is 1. The summed E-state index contributed by atoms with van der Waals surface area (Å²) in [6, 6.07) is 9.65. The number of furan rings is 1. The van der Waals surface area contributed by atoms with Crippen molar-refractivity contribution in [3.05, 3.63) is 54.1 Å². The molecule has 1 saturated carbocycles. The van der Waals surface area contributed by atoms with Crippen molar-refractivity contribution < 1.29 is 19.1 Å². The molecule has 1 atom stereocenters. The molecule has 0 radical (unpaired) electrons. The van der Waals surface area contributed by atoms with Gasteiger partial charge in [0, 0.05) is 29.3 Å². The van der Waals surface area contributed by atoms with E-state index < -0.39 is 5.91 Å². The fraction of sp³-hybridized carbons (Fsp3) is 0.348. The maximum Gasteiger partial charge on any atom is 0.342 e. The molecule has 1 aliphatic rings. The Morgan fingerprint density at radius 1 is 1.29 bits per heavy atom. The molecule has 3 aromatic rings. The zero-order chi connectivity index (χ0) is 22.0. The molecule has 8 nitrogen and oxygen atoms in total. The van der Waals surface area contributed by atoms with Gasteiger partial charge in [0.2, 0.25) is 0 Å². The van der Waals surface area contributed by atoms with Gasteiger partial charge in [-0.1, -0.05) is 13.3 Å². The second kappa shape index (κ2) is 8.67. The highest BCUT2D eigenvalue weighted by atomic mass is 16.3. The number of nitrogens with zero attached hydrogens (tertiary/aromatic N) is 2. The Kier molecular flexibility index (Phi) is 5.79. The lowest BCUT2D eigenvalue weighted by molar-refractivity contribution is 0.0996. The second-order valence-electron chi connectivity index (χ2n) is 7.92. The first-order valence-electron chi connectivity index (χ1n) is 10.5. The molecule has 1 unspecified atom stereocenters. The topological polar surface area (TPSA) is 109 Å². The van der Waals surface area contributed by atoms with E-state index in [1.807, 2.05) is 19.9 Å². The quantitative estimate of drug-likeness (QED) is 0.532. The first-order valence-corrected chi connectivity index (χ1v) is 10.5. The summed E-state index contributed by atoms with van der Waals surface area (Å²) in [4.78, 5) is 24.9. The third kappa shape index (κ3) is 4.33. The van der Waals surface area contributed by atoms with E-state index in [0.29, 0.717) is 16.9 Å². The van der Waals surface area contributed by atoms with Gasteiger partial charge in [0.1, 0.15) is 5.75 Å². The minimum Gasteiger partial charge on any atom is -0.507 e. The third-order valence-corrected chi connectivity index (χ3v) is 5.71. The van der Waals surface area contributed by atoms with Gasteiger partial charge in [0.25, 0.3) is 5.91 Å². The molecule has 31 heavy (non-hydrogen) atoms. The summed E-state index contributed by atoms with van der Waals surface area (Å²) in [6.07, 6.45) is 5.41. The molecule has 1 fully saturated rings. The zero-order valence-electron chi connectivity index (χ0n) is 17.6. The maximum atomic E-state index is 12.8. The van der Waals surface area contributed by atoms with Gasteiger partial charge in [0.15, 0.2) is 5.76 Å². The molecule has 1 aromatic carbocycles. The Morgan fingerprint density at radius 3 is 2.71 bits per heavy atom. The minimum atomic E-state index is -0.407. The van der Waals surface area contributed by atoms with Gasteiger partial charge in [0.05, 0.1) is 17.7 Å². The molecule has 0 aliphatic heterocycles. The van der Waals surface area contributed by atoms with Crippen LogP contribution < -0.4 is 10.6 Å². The molecule has 3 N–H and O–H groups in total. The Bertz CT molecular complexity index is 1080. The van der Waals surface area contributed by atoms with Gasteiger partial charge in [-0.3, -0.25) is 4.79 Å². The molecule has 2 aromatic heterocycles. The third-order valence-electron chi connectivity index (χ3n) is 5.71. The molecule has 1 aliphatic carbocycles. The van der Waals surface area contributed by atoms with Crippen molar-refractivity contribution in [3.63, 3.8) is 0 Å². The minimum absolute atomic E-state index is 0.0376. The van der Waals surface area contributed by atoms with E-state index in [-0.39, 0.29) is 29.5 Å². The number of hydrogen-bond donors (Lipinski definition) is 3. The Labute approximate surface area is 180 Å². The normalized spacial score (nSPS) is 14.6. The van der Waals surface area contributed by atoms with Gasteiger partial charge in [-0.2, -0.15) is 9.78 Å². The second-order valence-corrected chi connectivity index (χ2v) is 7.92. The molecule has 0 bridgehead atoms. The number of rotatable bonds is 6. The summed E-state index contributed by atoms with van der Waals surface area (Å²) >= 11 is 0. The highest BCUT2D eigenvalue weighted by Crippen LogP contribution is 2.39. The Hall–Kier alpha value is -3.55. The zero-order valence-corrected chi connectivity index (χ0v) is 17.6. The summed E-state index contributed by atoms with van der Waals surface area (Å²) in [6.45, 7) is 3.96.